The summed E-state index contributed by atoms with van der Waals surface area (Å²) >= 11 is 0. The first-order chi connectivity index (χ1) is 8.76. The van der Waals surface area contributed by atoms with Crippen molar-refractivity contribution >= 4 is 0 Å². The van der Waals surface area contributed by atoms with Crippen LogP contribution in [0.5, 0.6) is 5.75 Å². The van der Waals surface area contributed by atoms with Gasteiger partial charge in [-0.15, -0.1) is 0 Å². The molecule has 0 spiro atoms. The Bertz CT molecular complexity index is 389. The molecular formula is C16H25NO. The van der Waals surface area contributed by atoms with Crippen LogP contribution in [0.4, 0.5) is 0 Å². The molecule has 0 saturated heterocycles. The van der Waals surface area contributed by atoms with Gasteiger partial charge in [0.15, 0.2) is 0 Å². The van der Waals surface area contributed by atoms with E-state index in [1.54, 1.807) is 0 Å². The monoisotopic (exact) mass is 247 g/mol. The predicted molar refractivity (Wildman–Crippen MR) is 76.1 cm³/mol. The molecule has 1 heterocycles. The van der Waals surface area contributed by atoms with Gasteiger partial charge in [-0.3, -0.25) is 0 Å². The molecule has 2 unspecified atom stereocenters. The van der Waals surface area contributed by atoms with Crippen LogP contribution in [0.15, 0.2) is 18.2 Å². The van der Waals surface area contributed by atoms with Gasteiger partial charge in [0.05, 0.1) is 6.61 Å². The fourth-order valence-corrected chi connectivity index (χ4v) is 2.65. The third kappa shape index (κ3) is 2.86. The van der Waals surface area contributed by atoms with E-state index in [0.29, 0.717) is 12.0 Å². The molecule has 0 amide bonds. The van der Waals surface area contributed by atoms with Crippen LogP contribution in [-0.2, 0) is 6.42 Å². The number of hydrogen-bond donors (Lipinski definition) is 1. The normalized spacial score (nSPS) is 22.4. The molecule has 2 heteroatoms. The smallest absolute Gasteiger partial charge is 0.124 e. The summed E-state index contributed by atoms with van der Waals surface area (Å²) in [4.78, 5) is 0. The van der Waals surface area contributed by atoms with Crippen LogP contribution in [-0.4, -0.2) is 13.2 Å². The fourth-order valence-electron chi connectivity index (χ4n) is 2.65. The lowest BCUT2D eigenvalue weighted by molar-refractivity contribution is 0.188. The number of hydrogen-bond acceptors (Lipinski definition) is 2. The summed E-state index contributed by atoms with van der Waals surface area (Å²) in [6, 6.07) is 7.13. The Morgan fingerprint density at radius 3 is 2.83 bits per heavy atom. The van der Waals surface area contributed by atoms with Crippen LogP contribution in [0, 0.1) is 5.92 Å². The van der Waals surface area contributed by atoms with Crippen molar-refractivity contribution in [3.8, 4) is 5.75 Å². The van der Waals surface area contributed by atoms with E-state index in [-0.39, 0.29) is 0 Å². The summed E-state index contributed by atoms with van der Waals surface area (Å²) in [6.07, 6.45) is 3.53. The summed E-state index contributed by atoms with van der Waals surface area (Å²) in [5.74, 6) is 1.61. The third-order valence-corrected chi connectivity index (χ3v) is 3.63. The van der Waals surface area contributed by atoms with Crippen LogP contribution in [0.2, 0.25) is 0 Å². The van der Waals surface area contributed by atoms with Crippen molar-refractivity contribution in [2.45, 2.75) is 46.1 Å². The second-order valence-corrected chi connectivity index (χ2v) is 5.34. The molecule has 100 valence electrons. The van der Waals surface area contributed by atoms with Gasteiger partial charge < -0.3 is 10.1 Å². The topological polar surface area (TPSA) is 21.3 Å². The summed E-state index contributed by atoms with van der Waals surface area (Å²) in [5, 5.41) is 3.67. The van der Waals surface area contributed by atoms with Crippen LogP contribution >= 0.6 is 0 Å². The van der Waals surface area contributed by atoms with Crippen molar-refractivity contribution in [2.24, 2.45) is 5.92 Å². The van der Waals surface area contributed by atoms with Crippen molar-refractivity contribution in [3.05, 3.63) is 29.3 Å². The second kappa shape index (κ2) is 6.24. The van der Waals surface area contributed by atoms with Gasteiger partial charge in [-0.1, -0.05) is 39.3 Å². The van der Waals surface area contributed by atoms with E-state index in [4.69, 9.17) is 4.74 Å². The predicted octanol–water partition coefficient (Wildman–Crippen LogP) is 3.71. The lowest BCUT2D eigenvalue weighted by Gasteiger charge is -2.32. The second-order valence-electron chi connectivity index (χ2n) is 5.34. The van der Waals surface area contributed by atoms with Crippen molar-refractivity contribution in [3.63, 3.8) is 0 Å². The van der Waals surface area contributed by atoms with Crippen LogP contribution < -0.4 is 10.1 Å². The number of ether oxygens (including phenoxy) is 1. The van der Waals surface area contributed by atoms with Crippen LogP contribution in [0.1, 0.15) is 50.8 Å². The quantitative estimate of drug-likeness (QED) is 0.856. The van der Waals surface area contributed by atoms with Crippen molar-refractivity contribution < 1.29 is 4.74 Å². The van der Waals surface area contributed by atoms with Gasteiger partial charge in [-0.25, -0.2) is 0 Å². The zero-order chi connectivity index (χ0) is 13.0. The molecule has 1 aromatic rings. The van der Waals surface area contributed by atoms with Crippen LogP contribution in [0.3, 0.4) is 0 Å². The van der Waals surface area contributed by atoms with Crippen molar-refractivity contribution in [2.75, 3.05) is 13.2 Å². The lowest BCUT2D eigenvalue weighted by atomic mass is 9.90. The lowest BCUT2D eigenvalue weighted by Crippen LogP contribution is -2.34. The minimum Gasteiger partial charge on any atom is -0.493 e. The molecule has 1 aliphatic heterocycles. The SMILES string of the molecule is CCCNC1c2cc(CCC)ccc2OCC1C. The molecule has 0 fully saturated rings. The number of benzene rings is 1. The first-order valence-corrected chi connectivity index (χ1v) is 7.25. The van der Waals surface area contributed by atoms with Crippen molar-refractivity contribution in [1.29, 1.82) is 0 Å². The van der Waals surface area contributed by atoms with Crippen molar-refractivity contribution in [1.82, 2.24) is 5.32 Å². The fraction of sp³-hybridized carbons (Fsp3) is 0.625. The van der Waals surface area contributed by atoms with Gasteiger partial charge in [0.1, 0.15) is 5.75 Å². The molecule has 0 aromatic heterocycles. The maximum Gasteiger partial charge on any atom is 0.124 e. The maximum absolute atomic E-state index is 5.84. The molecule has 1 aliphatic rings. The number of nitrogens with one attached hydrogen (secondary N) is 1. The summed E-state index contributed by atoms with van der Waals surface area (Å²) in [7, 11) is 0. The Hall–Kier alpha value is -1.02. The average Bonchev–Trinajstić information content (AvgIpc) is 2.38. The molecular weight excluding hydrogens is 222 g/mol. The molecule has 2 atom stereocenters. The van der Waals surface area contributed by atoms with E-state index in [1.807, 2.05) is 0 Å². The minimum absolute atomic E-state index is 0.450. The number of fused-ring (bicyclic) bond motifs is 1. The van der Waals surface area contributed by atoms with E-state index >= 15 is 0 Å². The molecule has 2 nitrogen and oxygen atoms in total. The highest BCUT2D eigenvalue weighted by molar-refractivity contribution is 5.41. The maximum atomic E-state index is 5.84. The van der Waals surface area contributed by atoms with E-state index in [0.717, 1.165) is 25.3 Å². The zero-order valence-electron chi connectivity index (χ0n) is 11.8. The van der Waals surface area contributed by atoms with Gasteiger partial charge in [0, 0.05) is 17.5 Å². The Morgan fingerprint density at radius 1 is 1.28 bits per heavy atom. The van der Waals surface area contributed by atoms with E-state index in [2.05, 4.69) is 44.3 Å². The van der Waals surface area contributed by atoms with Crippen LogP contribution in [0.25, 0.3) is 0 Å². The molecule has 2 rings (SSSR count). The highest BCUT2D eigenvalue weighted by Gasteiger charge is 2.27. The summed E-state index contributed by atoms with van der Waals surface area (Å²) < 4.78 is 5.84. The van der Waals surface area contributed by atoms with Gasteiger partial charge in [-0.05, 0) is 31.0 Å². The van der Waals surface area contributed by atoms with Gasteiger partial charge >= 0.3 is 0 Å². The highest BCUT2D eigenvalue weighted by atomic mass is 16.5. The first-order valence-electron chi connectivity index (χ1n) is 7.25. The summed E-state index contributed by atoms with van der Waals surface area (Å²) in [6.45, 7) is 8.60. The number of rotatable bonds is 5. The summed E-state index contributed by atoms with van der Waals surface area (Å²) in [5.41, 5.74) is 2.78. The molecule has 0 aliphatic carbocycles. The zero-order valence-corrected chi connectivity index (χ0v) is 11.8. The molecule has 0 bridgehead atoms. The first kappa shape index (κ1) is 13.4. The van der Waals surface area contributed by atoms with E-state index < -0.39 is 0 Å². The molecule has 1 N–H and O–H groups in total. The molecule has 1 aromatic carbocycles. The van der Waals surface area contributed by atoms with E-state index in [9.17, 15) is 0 Å². The molecule has 0 radical (unpaired) electrons. The van der Waals surface area contributed by atoms with Gasteiger partial charge in [0.25, 0.3) is 0 Å². The van der Waals surface area contributed by atoms with Gasteiger partial charge in [-0.2, -0.15) is 0 Å². The largest absolute Gasteiger partial charge is 0.493 e. The Kier molecular flexibility index (Phi) is 4.65. The molecule has 0 saturated carbocycles. The standard InChI is InChI=1S/C16H25NO/c1-4-6-13-7-8-15-14(10-13)16(17-9-5-2)12(3)11-18-15/h7-8,10,12,16-17H,4-6,9,11H2,1-3H3. The highest BCUT2D eigenvalue weighted by Crippen LogP contribution is 2.36. The number of aryl methyl sites for hydroxylation is 1. The van der Waals surface area contributed by atoms with Gasteiger partial charge in [0.2, 0.25) is 0 Å². The Balaban J connectivity index is 2.24. The third-order valence-electron chi connectivity index (χ3n) is 3.63. The molecule has 18 heavy (non-hydrogen) atoms. The Morgan fingerprint density at radius 2 is 2.11 bits per heavy atom. The Labute approximate surface area is 111 Å². The van der Waals surface area contributed by atoms with E-state index in [1.165, 1.54) is 24.0 Å². The minimum atomic E-state index is 0.450. The average molecular weight is 247 g/mol.